The van der Waals surface area contributed by atoms with Gasteiger partial charge in [-0.3, -0.25) is 0 Å². The highest BCUT2D eigenvalue weighted by molar-refractivity contribution is 9.10. The molecule has 2 rings (SSSR count). The van der Waals surface area contributed by atoms with Crippen molar-refractivity contribution in [3.63, 3.8) is 0 Å². The molecular weight excluding hydrogens is 338 g/mol. The third-order valence-corrected chi connectivity index (χ3v) is 4.01. The molecule has 0 atom stereocenters. The second kappa shape index (κ2) is 7.80. The Morgan fingerprint density at radius 3 is 2.27 bits per heavy atom. The number of hydrogen-bond acceptors (Lipinski definition) is 3. The quantitative estimate of drug-likeness (QED) is 0.507. The van der Waals surface area contributed by atoms with E-state index in [2.05, 4.69) is 26.8 Å². The van der Waals surface area contributed by atoms with E-state index < -0.39 is 0 Å². The van der Waals surface area contributed by atoms with E-state index in [4.69, 9.17) is 5.41 Å². The molecule has 0 aliphatic rings. The van der Waals surface area contributed by atoms with Crippen LogP contribution in [-0.4, -0.2) is 5.71 Å². The summed E-state index contributed by atoms with van der Waals surface area (Å²) in [6.07, 6.45) is 0.643. The second-order valence-electron chi connectivity index (χ2n) is 5.15. The van der Waals surface area contributed by atoms with Crippen molar-refractivity contribution in [1.82, 2.24) is 5.43 Å². The highest BCUT2D eigenvalue weighted by atomic mass is 79.9. The van der Waals surface area contributed by atoms with Gasteiger partial charge in [-0.05, 0) is 49.2 Å². The van der Waals surface area contributed by atoms with Gasteiger partial charge < -0.3 is 16.3 Å². The summed E-state index contributed by atoms with van der Waals surface area (Å²) in [5, 5.41) is 8.24. The summed E-state index contributed by atoms with van der Waals surface area (Å²) >= 11 is 3.41. The van der Waals surface area contributed by atoms with Gasteiger partial charge in [-0.25, -0.2) is 0 Å². The Morgan fingerprint density at radius 2 is 1.64 bits per heavy atom. The summed E-state index contributed by atoms with van der Waals surface area (Å²) in [4.78, 5) is 0. The van der Waals surface area contributed by atoms with Crippen LogP contribution in [0.3, 0.4) is 0 Å². The first kappa shape index (κ1) is 16.3. The lowest BCUT2D eigenvalue weighted by molar-refractivity contribution is 0.944. The summed E-state index contributed by atoms with van der Waals surface area (Å²) in [5.41, 5.74) is 11.0. The third kappa shape index (κ3) is 4.74. The van der Waals surface area contributed by atoms with Crippen LogP contribution in [0.25, 0.3) is 0 Å². The largest absolute Gasteiger partial charge is 0.305 e. The molecule has 0 bridgehead atoms. The van der Waals surface area contributed by atoms with Crippen molar-refractivity contribution >= 4 is 27.3 Å². The first-order chi connectivity index (χ1) is 10.6. The van der Waals surface area contributed by atoms with E-state index in [0.717, 1.165) is 27.0 Å². The van der Waals surface area contributed by atoms with Crippen molar-refractivity contribution in [2.45, 2.75) is 20.3 Å². The smallest absolute Gasteiger partial charge is 0.0540 e. The number of benzene rings is 2. The van der Waals surface area contributed by atoms with E-state index in [1.165, 1.54) is 0 Å². The molecule has 0 spiro atoms. The molecule has 0 aliphatic carbocycles. The second-order valence-corrected chi connectivity index (χ2v) is 6.06. The van der Waals surface area contributed by atoms with E-state index >= 15 is 0 Å². The number of halogens is 1. The maximum Gasteiger partial charge on any atom is 0.0540 e. The SMILES string of the molecule is CC(NNc1ccc(Br)cc1)=C(C)C(=N)Cc1ccccc1. The van der Waals surface area contributed by atoms with Crippen LogP contribution < -0.4 is 10.9 Å². The van der Waals surface area contributed by atoms with Crippen LogP contribution in [-0.2, 0) is 6.42 Å². The molecule has 4 heteroatoms. The molecule has 0 aliphatic heterocycles. The molecule has 0 heterocycles. The minimum absolute atomic E-state index is 0.619. The average Bonchev–Trinajstić information content (AvgIpc) is 2.54. The van der Waals surface area contributed by atoms with Crippen LogP contribution in [0.5, 0.6) is 0 Å². The molecule has 114 valence electrons. The van der Waals surface area contributed by atoms with Crippen LogP contribution >= 0.6 is 15.9 Å². The van der Waals surface area contributed by atoms with Crippen LogP contribution in [0.2, 0.25) is 0 Å². The predicted octanol–water partition coefficient (Wildman–Crippen LogP) is 4.92. The number of allylic oxidation sites excluding steroid dienone is 2. The fourth-order valence-corrected chi connectivity index (χ4v) is 2.22. The Balaban J connectivity index is 1.96. The Bertz CT molecular complexity index is 660. The number of hydrazine groups is 1. The summed E-state index contributed by atoms with van der Waals surface area (Å²) < 4.78 is 1.05. The van der Waals surface area contributed by atoms with E-state index in [-0.39, 0.29) is 0 Å². The lowest BCUT2D eigenvalue weighted by Crippen LogP contribution is -2.22. The van der Waals surface area contributed by atoms with Crippen LogP contribution in [0.4, 0.5) is 5.69 Å². The van der Waals surface area contributed by atoms with E-state index in [9.17, 15) is 0 Å². The molecule has 0 radical (unpaired) electrons. The Labute approximate surface area is 140 Å². The Kier molecular flexibility index (Phi) is 5.78. The van der Waals surface area contributed by atoms with Crippen molar-refractivity contribution in [1.29, 1.82) is 5.41 Å². The highest BCUT2D eigenvalue weighted by Gasteiger charge is 2.05. The molecule has 0 aromatic heterocycles. The van der Waals surface area contributed by atoms with Gasteiger partial charge in [-0.15, -0.1) is 0 Å². The third-order valence-electron chi connectivity index (χ3n) is 3.48. The first-order valence-corrected chi connectivity index (χ1v) is 7.92. The predicted molar refractivity (Wildman–Crippen MR) is 97.1 cm³/mol. The van der Waals surface area contributed by atoms with Gasteiger partial charge in [-0.2, -0.15) is 0 Å². The minimum Gasteiger partial charge on any atom is -0.305 e. The lowest BCUT2D eigenvalue weighted by atomic mass is 10.0. The molecule has 3 nitrogen and oxygen atoms in total. The van der Waals surface area contributed by atoms with Gasteiger partial charge in [0.05, 0.1) is 5.69 Å². The zero-order valence-corrected chi connectivity index (χ0v) is 14.4. The van der Waals surface area contributed by atoms with Gasteiger partial charge in [0.2, 0.25) is 0 Å². The van der Waals surface area contributed by atoms with Gasteiger partial charge in [0, 0.05) is 22.3 Å². The van der Waals surface area contributed by atoms with Crippen molar-refractivity contribution in [2.75, 3.05) is 5.43 Å². The molecular formula is C18H20BrN3. The van der Waals surface area contributed by atoms with Crippen molar-refractivity contribution in [3.8, 4) is 0 Å². The Hall–Kier alpha value is -2.07. The van der Waals surface area contributed by atoms with E-state index in [0.29, 0.717) is 12.1 Å². The van der Waals surface area contributed by atoms with Crippen molar-refractivity contribution < 1.29 is 0 Å². The number of hydrogen-bond donors (Lipinski definition) is 3. The summed E-state index contributed by atoms with van der Waals surface area (Å²) in [6, 6.07) is 18.0. The zero-order valence-electron chi connectivity index (χ0n) is 12.8. The molecule has 0 unspecified atom stereocenters. The molecule has 2 aromatic carbocycles. The van der Waals surface area contributed by atoms with Crippen LogP contribution in [0.1, 0.15) is 19.4 Å². The summed E-state index contributed by atoms with van der Waals surface area (Å²) in [5.74, 6) is 0. The van der Waals surface area contributed by atoms with E-state index in [1.807, 2.05) is 68.4 Å². The van der Waals surface area contributed by atoms with Gasteiger partial charge >= 0.3 is 0 Å². The fourth-order valence-electron chi connectivity index (χ4n) is 1.95. The van der Waals surface area contributed by atoms with Crippen LogP contribution in [0, 0.1) is 5.41 Å². The maximum absolute atomic E-state index is 8.24. The molecule has 0 saturated carbocycles. The van der Waals surface area contributed by atoms with Crippen LogP contribution in [0.15, 0.2) is 70.3 Å². The van der Waals surface area contributed by atoms with Crippen molar-refractivity contribution in [3.05, 3.63) is 75.9 Å². The first-order valence-electron chi connectivity index (χ1n) is 7.13. The van der Waals surface area contributed by atoms with Gasteiger partial charge in [0.15, 0.2) is 0 Å². The van der Waals surface area contributed by atoms with Crippen molar-refractivity contribution in [2.24, 2.45) is 0 Å². The number of rotatable bonds is 6. The molecule has 22 heavy (non-hydrogen) atoms. The summed E-state index contributed by atoms with van der Waals surface area (Å²) in [7, 11) is 0. The van der Waals surface area contributed by atoms with Gasteiger partial charge in [0.1, 0.15) is 0 Å². The van der Waals surface area contributed by atoms with Gasteiger partial charge in [0.25, 0.3) is 0 Å². The fraction of sp³-hybridized carbons (Fsp3) is 0.167. The minimum atomic E-state index is 0.619. The lowest BCUT2D eigenvalue weighted by Gasteiger charge is -2.14. The number of nitrogens with one attached hydrogen (secondary N) is 3. The zero-order chi connectivity index (χ0) is 15.9. The normalized spacial score (nSPS) is 11.6. The molecule has 0 fully saturated rings. The molecule has 0 amide bonds. The highest BCUT2D eigenvalue weighted by Crippen LogP contribution is 2.14. The molecule has 0 saturated heterocycles. The standard InChI is InChI=1S/C18H20BrN3/c1-13(18(20)12-15-6-4-3-5-7-15)14(2)21-22-17-10-8-16(19)9-11-17/h3-11,20-22H,12H2,1-2H3. The molecule has 3 N–H and O–H groups in total. The Morgan fingerprint density at radius 1 is 1.00 bits per heavy atom. The maximum atomic E-state index is 8.24. The van der Waals surface area contributed by atoms with E-state index in [1.54, 1.807) is 0 Å². The molecule has 2 aromatic rings. The topological polar surface area (TPSA) is 47.9 Å². The average molecular weight is 358 g/mol. The summed E-state index contributed by atoms with van der Waals surface area (Å²) in [6.45, 7) is 3.94. The monoisotopic (exact) mass is 357 g/mol. The van der Waals surface area contributed by atoms with Gasteiger partial charge in [-0.1, -0.05) is 46.3 Å². The number of anilines is 1.